The SMILES string of the molecule is Cc1cc(Cn2cc(Br)c(-c3ccc(C)c(C)c3)n2)no1. The number of aromatic nitrogens is 3. The average molecular weight is 346 g/mol. The molecule has 0 saturated carbocycles. The summed E-state index contributed by atoms with van der Waals surface area (Å²) in [4.78, 5) is 0. The zero-order chi connectivity index (χ0) is 15.0. The monoisotopic (exact) mass is 345 g/mol. The highest BCUT2D eigenvalue weighted by Crippen LogP contribution is 2.28. The molecule has 0 bridgehead atoms. The van der Waals surface area contributed by atoms with Gasteiger partial charge in [0, 0.05) is 17.8 Å². The summed E-state index contributed by atoms with van der Waals surface area (Å²) in [7, 11) is 0. The lowest BCUT2D eigenvalue weighted by atomic mass is 10.0. The highest BCUT2D eigenvalue weighted by molar-refractivity contribution is 9.10. The summed E-state index contributed by atoms with van der Waals surface area (Å²) in [6.07, 6.45) is 1.97. The molecule has 2 heterocycles. The average Bonchev–Trinajstić information content (AvgIpc) is 3.00. The number of rotatable bonds is 3. The Kier molecular flexibility index (Phi) is 3.68. The minimum atomic E-state index is 0.598. The highest BCUT2D eigenvalue weighted by Gasteiger charge is 2.11. The van der Waals surface area contributed by atoms with E-state index in [1.165, 1.54) is 11.1 Å². The molecule has 0 aliphatic rings. The first-order valence-electron chi connectivity index (χ1n) is 6.75. The van der Waals surface area contributed by atoms with Crippen LogP contribution in [0.2, 0.25) is 0 Å². The molecule has 3 aromatic rings. The van der Waals surface area contributed by atoms with Gasteiger partial charge >= 0.3 is 0 Å². The van der Waals surface area contributed by atoms with Gasteiger partial charge in [-0.15, -0.1) is 0 Å². The summed E-state index contributed by atoms with van der Waals surface area (Å²) in [6.45, 7) is 6.71. The van der Waals surface area contributed by atoms with Crippen LogP contribution in [-0.2, 0) is 6.54 Å². The molecule has 0 atom stereocenters. The van der Waals surface area contributed by atoms with Gasteiger partial charge in [-0.3, -0.25) is 4.68 Å². The Morgan fingerprint density at radius 3 is 2.62 bits per heavy atom. The Morgan fingerprint density at radius 2 is 1.95 bits per heavy atom. The summed E-state index contributed by atoms with van der Waals surface area (Å²) in [6, 6.07) is 8.30. The van der Waals surface area contributed by atoms with Gasteiger partial charge in [0.1, 0.15) is 17.1 Å². The van der Waals surface area contributed by atoms with E-state index < -0.39 is 0 Å². The summed E-state index contributed by atoms with van der Waals surface area (Å²) >= 11 is 3.59. The first-order valence-corrected chi connectivity index (χ1v) is 7.55. The van der Waals surface area contributed by atoms with E-state index in [2.05, 4.69) is 58.2 Å². The van der Waals surface area contributed by atoms with Crippen molar-refractivity contribution >= 4 is 15.9 Å². The van der Waals surface area contributed by atoms with Crippen molar-refractivity contribution in [1.82, 2.24) is 14.9 Å². The van der Waals surface area contributed by atoms with Gasteiger partial charge in [0.2, 0.25) is 0 Å². The normalized spacial score (nSPS) is 11.0. The Morgan fingerprint density at radius 1 is 1.14 bits per heavy atom. The molecule has 0 fully saturated rings. The second-order valence-corrected chi connectivity index (χ2v) is 6.11. The van der Waals surface area contributed by atoms with Gasteiger partial charge in [-0.1, -0.05) is 17.3 Å². The van der Waals surface area contributed by atoms with Gasteiger partial charge in [-0.2, -0.15) is 5.10 Å². The van der Waals surface area contributed by atoms with Crippen LogP contribution in [0.25, 0.3) is 11.3 Å². The van der Waals surface area contributed by atoms with Crippen LogP contribution in [0.5, 0.6) is 0 Å². The van der Waals surface area contributed by atoms with Crippen molar-refractivity contribution in [3.8, 4) is 11.3 Å². The van der Waals surface area contributed by atoms with E-state index in [0.717, 1.165) is 27.2 Å². The van der Waals surface area contributed by atoms with Crippen LogP contribution in [-0.4, -0.2) is 14.9 Å². The molecule has 1 aromatic carbocycles. The molecular weight excluding hydrogens is 330 g/mol. The molecule has 0 aliphatic carbocycles. The predicted molar refractivity (Wildman–Crippen MR) is 85.2 cm³/mol. The second kappa shape index (κ2) is 5.48. The highest BCUT2D eigenvalue weighted by atomic mass is 79.9. The first kappa shape index (κ1) is 14.1. The Balaban J connectivity index is 1.92. The van der Waals surface area contributed by atoms with Gasteiger partial charge in [0.15, 0.2) is 0 Å². The summed E-state index contributed by atoms with van der Waals surface area (Å²) in [5, 5.41) is 8.64. The molecule has 0 spiro atoms. The Hall–Kier alpha value is -1.88. The first-order chi connectivity index (χ1) is 10.0. The fourth-order valence-corrected chi connectivity index (χ4v) is 2.77. The van der Waals surface area contributed by atoms with Gasteiger partial charge in [0.05, 0.1) is 11.0 Å². The maximum atomic E-state index is 5.08. The van der Waals surface area contributed by atoms with Crippen LogP contribution in [0.15, 0.2) is 39.5 Å². The minimum absolute atomic E-state index is 0.598. The molecule has 0 radical (unpaired) electrons. The van der Waals surface area contributed by atoms with Crippen molar-refractivity contribution in [2.75, 3.05) is 0 Å². The van der Waals surface area contributed by atoms with Crippen LogP contribution in [0, 0.1) is 20.8 Å². The zero-order valence-corrected chi connectivity index (χ0v) is 13.8. The minimum Gasteiger partial charge on any atom is -0.361 e. The van der Waals surface area contributed by atoms with E-state index in [4.69, 9.17) is 4.52 Å². The summed E-state index contributed by atoms with van der Waals surface area (Å²) in [5.41, 5.74) is 5.47. The van der Waals surface area contributed by atoms with Gasteiger partial charge in [-0.05, 0) is 53.9 Å². The summed E-state index contributed by atoms with van der Waals surface area (Å²) < 4.78 is 7.93. The fraction of sp³-hybridized carbons (Fsp3) is 0.250. The van der Waals surface area contributed by atoms with Gasteiger partial charge in [-0.25, -0.2) is 0 Å². The van der Waals surface area contributed by atoms with E-state index in [1.54, 1.807) is 0 Å². The molecule has 0 aliphatic heterocycles. The van der Waals surface area contributed by atoms with Crippen molar-refractivity contribution in [1.29, 1.82) is 0 Å². The molecule has 4 nitrogen and oxygen atoms in total. The third-order valence-corrected chi connectivity index (χ3v) is 4.08. The van der Waals surface area contributed by atoms with E-state index in [-0.39, 0.29) is 0 Å². The molecule has 2 aromatic heterocycles. The topological polar surface area (TPSA) is 43.9 Å². The maximum Gasteiger partial charge on any atom is 0.133 e. The van der Waals surface area contributed by atoms with Crippen LogP contribution < -0.4 is 0 Å². The van der Waals surface area contributed by atoms with Crippen molar-refractivity contribution in [3.63, 3.8) is 0 Å². The number of hydrogen-bond acceptors (Lipinski definition) is 3. The quantitative estimate of drug-likeness (QED) is 0.711. The maximum absolute atomic E-state index is 5.08. The van der Waals surface area contributed by atoms with E-state index >= 15 is 0 Å². The number of hydrogen-bond donors (Lipinski definition) is 0. The van der Waals surface area contributed by atoms with E-state index in [1.807, 2.05) is 23.9 Å². The number of nitrogens with zero attached hydrogens (tertiary/aromatic N) is 3. The predicted octanol–water partition coefficient (Wildman–Crippen LogP) is 4.27. The standard InChI is InChI=1S/C16H16BrN3O/c1-10-4-5-13(6-11(10)2)16-15(17)9-20(18-16)8-14-7-12(3)21-19-14/h4-7,9H,8H2,1-3H3. The number of aryl methyl sites for hydroxylation is 3. The van der Waals surface area contributed by atoms with Crippen LogP contribution >= 0.6 is 15.9 Å². The summed E-state index contributed by atoms with van der Waals surface area (Å²) in [5.74, 6) is 0.811. The van der Waals surface area contributed by atoms with Crippen LogP contribution in [0.1, 0.15) is 22.6 Å². The molecule has 108 valence electrons. The molecule has 5 heteroatoms. The molecule has 0 N–H and O–H groups in total. The largest absolute Gasteiger partial charge is 0.361 e. The second-order valence-electron chi connectivity index (χ2n) is 5.25. The van der Waals surface area contributed by atoms with Crippen LogP contribution in [0.3, 0.4) is 0 Å². The Bertz CT molecular complexity index is 789. The van der Waals surface area contributed by atoms with Crippen molar-refractivity contribution in [2.45, 2.75) is 27.3 Å². The fourth-order valence-electron chi connectivity index (χ4n) is 2.22. The smallest absolute Gasteiger partial charge is 0.133 e. The van der Waals surface area contributed by atoms with Gasteiger partial charge in [0.25, 0.3) is 0 Å². The van der Waals surface area contributed by atoms with E-state index in [0.29, 0.717) is 6.54 Å². The lowest BCUT2D eigenvalue weighted by Gasteiger charge is -2.03. The lowest BCUT2D eigenvalue weighted by Crippen LogP contribution is -2.00. The number of benzene rings is 1. The van der Waals surface area contributed by atoms with Gasteiger partial charge < -0.3 is 4.52 Å². The molecular formula is C16H16BrN3O. The molecule has 0 unspecified atom stereocenters. The number of halogens is 1. The van der Waals surface area contributed by atoms with E-state index in [9.17, 15) is 0 Å². The molecule has 21 heavy (non-hydrogen) atoms. The molecule has 3 rings (SSSR count). The molecule has 0 amide bonds. The van der Waals surface area contributed by atoms with Crippen molar-refractivity contribution in [3.05, 3.63) is 57.5 Å². The lowest BCUT2D eigenvalue weighted by molar-refractivity contribution is 0.388. The third kappa shape index (κ3) is 2.93. The third-order valence-electron chi connectivity index (χ3n) is 3.50. The Labute approximate surface area is 131 Å². The van der Waals surface area contributed by atoms with Crippen LogP contribution in [0.4, 0.5) is 0 Å². The van der Waals surface area contributed by atoms with Crippen molar-refractivity contribution in [2.24, 2.45) is 0 Å². The van der Waals surface area contributed by atoms with Crippen molar-refractivity contribution < 1.29 is 4.52 Å². The zero-order valence-electron chi connectivity index (χ0n) is 12.2. The molecule has 0 saturated heterocycles.